The van der Waals surface area contributed by atoms with Gasteiger partial charge in [0.05, 0.1) is 17.2 Å². The molecule has 1 rings (SSSR count). The molecule has 0 unspecified atom stereocenters. The van der Waals surface area contributed by atoms with Crippen LogP contribution < -0.4 is 4.74 Å². The summed E-state index contributed by atoms with van der Waals surface area (Å²) in [5.74, 6) is -2.90. The second-order valence-corrected chi connectivity index (χ2v) is 3.00. The molecule has 1 aromatic rings. The van der Waals surface area contributed by atoms with E-state index in [2.05, 4.69) is 4.74 Å². The molecule has 0 aliphatic carbocycles. The second kappa shape index (κ2) is 5.35. The van der Waals surface area contributed by atoms with Crippen molar-refractivity contribution in [3.8, 4) is 11.8 Å². The van der Waals surface area contributed by atoms with Gasteiger partial charge < -0.3 is 9.84 Å². The molecular weight excluding hydrogens is 258 g/mol. The number of halogens is 4. The molecule has 1 aromatic carbocycles. The molecule has 0 aliphatic heterocycles. The van der Waals surface area contributed by atoms with Crippen molar-refractivity contribution in [1.82, 2.24) is 0 Å². The van der Waals surface area contributed by atoms with Crippen LogP contribution >= 0.6 is 0 Å². The Bertz CT molecular complexity index is 511. The first-order valence-electron chi connectivity index (χ1n) is 4.41. The molecule has 4 nitrogen and oxygen atoms in total. The van der Waals surface area contributed by atoms with E-state index >= 15 is 0 Å². The van der Waals surface area contributed by atoms with E-state index in [1.807, 2.05) is 0 Å². The average molecular weight is 263 g/mol. The maximum Gasteiger partial charge on any atom is 0.387 e. The summed E-state index contributed by atoms with van der Waals surface area (Å²) >= 11 is 0. The number of rotatable bonds is 4. The number of hydrogen-bond donors (Lipinski definition) is 1. The van der Waals surface area contributed by atoms with Gasteiger partial charge >= 0.3 is 12.6 Å². The van der Waals surface area contributed by atoms with Crippen molar-refractivity contribution < 1.29 is 32.2 Å². The first kappa shape index (κ1) is 13.8. The summed E-state index contributed by atoms with van der Waals surface area (Å²) in [5.41, 5.74) is -2.63. The number of aromatic carboxylic acids is 1. The lowest BCUT2D eigenvalue weighted by Gasteiger charge is -2.13. The summed E-state index contributed by atoms with van der Waals surface area (Å²) in [7, 11) is 0. The summed E-state index contributed by atoms with van der Waals surface area (Å²) in [6.07, 6.45) is -3.31. The van der Waals surface area contributed by atoms with Gasteiger partial charge in [-0.15, -0.1) is 0 Å². The van der Waals surface area contributed by atoms with Crippen molar-refractivity contribution >= 4 is 5.97 Å². The molecule has 0 atom stereocenters. The number of alkyl halides is 4. The van der Waals surface area contributed by atoms with Crippen LogP contribution in [0.3, 0.4) is 0 Å². The van der Waals surface area contributed by atoms with Gasteiger partial charge in [-0.3, -0.25) is 0 Å². The summed E-state index contributed by atoms with van der Waals surface area (Å²) < 4.78 is 53.4. The Hall–Kier alpha value is -2.30. The summed E-state index contributed by atoms with van der Waals surface area (Å²) in [6, 6.07) is 2.92. The molecule has 0 amide bonds. The zero-order valence-corrected chi connectivity index (χ0v) is 8.53. The summed E-state index contributed by atoms with van der Waals surface area (Å²) in [6.45, 7) is -3.48. The lowest BCUT2D eigenvalue weighted by atomic mass is 10.0. The molecule has 0 bridgehead atoms. The summed E-state index contributed by atoms with van der Waals surface area (Å²) in [4.78, 5) is 10.7. The minimum Gasteiger partial charge on any atom is -0.478 e. The third-order valence-corrected chi connectivity index (χ3v) is 1.97. The fourth-order valence-corrected chi connectivity index (χ4v) is 1.30. The van der Waals surface area contributed by atoms with Crippen LogP contribution in [0.2, 0.25) is 0 Å². The molecule has 0 saturated heterocycles. The van der Waals surface area contributed by atoms with Crippen LogP contribution in [0, 0.1) is 11.3 Å². The van der Waals surface area contributed by atoms with Crippen LogP contribution in [0.5, 0.6) is 5.75 Å². The third-order valence-electron chi connectivity index (χ3n) is 1.97. The van der Waals surface area contributed by atoms with Gasteiger partial charge in [0.2, 0.25) is 0 Å². The average Bonchev–Trinajstić information content (AvgIpc) is 2.26. The Labute approximate surface area is 98.0 Å². The Balaban J connectivity index is 3.55. The number of carboxylic acid groups (broad SMARTS) is 1. The Morgan fingerprint density at radius 1 is 1.33 bits per heavy atom. The highest BCUT2D eigenvalue weighted by Crippen LogP contribution is 2.36. The SMILES string of the molecule is N#Cc1ccc(C(=O)O)c(OC(F)F)c1C(F)F. The molecule has 0 spiro atoms. The smallest absolute Gasteiger partial charge is 0.387 e. The Morgan fingerprint density at radius 3 is 2.33 bits per heavy atom. The minimum atomic E-state index is -3.48. The van der Waals surface area contributed by atoms with Crippen LogP contribution in [-0.4, -0.2) is 17.7 Å². The van der Waals surface area contributed by atoms with Gasteiger partial charge in [0.25, 0.3) is 6.43 Å². The topological polar surface area (TPSA) is 70.3 Å². The van der Waals surface area contributed by atoms with E-state index in [0.717, 1.165) is 12.1 Å². The molecule has 0 radical (unpaired) electrons. The Morgan fingerprint density at radius 2 is 1.94 bits per heavy atom. The molecule has 0 fully saturated rings. The zero-order valence-electron chi connectivity index (χ0n) is 8.53. The van der Waals surface area contributed by atoms with Crippen molar-refractivity contribution in [2.24, 2.45) is 0 Å². The fourth-order valence-electron chi connectivity index (χ4n) is 1.30. The van der Waals surface area contributed by atoms with E-state index in [-0.39, 0.29) is 0 Å². The number of hydrogen-bond acceptors (Lipinski definition) is 3. The van der Waals surface area contributed by atoms with Crippen molar-refractivity contribution in [3.63, 3.8) is 0 Å². The van der Waals surface area contributed by atoms with Gasteiger partial charge in [0.15, 0.2) is 5.75 Å². The van der Waals surface area contributed by atoms with Crippen molar-refractivity contribution in [1.29, 1.82) is 5.26 Å². The highest BCUT2D eigenvalue weighted by Gasteiger charge is 2.27. The molecule has 0 aromatic heterocycles. The lowest BCUT2D eigenvalue weighted by Crippen LogP contribution is -2.11. The van der Waals surface area contributed by atoms with E-state index in [0.29, 0.717) is 0 Å². The predicted molar refractivity (Wildman–Crippen MR) is 49.7 cm³/mol. The lowest BCUT2D eigenvalue weighted by molar-refractivity contribution is -0.0524. The molecule has 18 heavy (non-hydrogen) atoms. The largest absolute Gasteiger partial charge is 0.478 e. The van der Waals surface area contributed by atoms with E-state index in [9.17, 15) is 22.4 Å². The standard InChI is InChI=1S/C10H5F4NO3/c11-8(12)6-4(3-15)1-2-5(9(16)17)7(6)18-10(13)14/h1-2,8,10H,(H,16,17). The normalized spacial score (nSPS) is 10.5. The van der Waals surface area contributed by atoms with Crippen molar-refractivity contribution in [2.75, 3.05) is 0 Å². The highest BCUT2D eigenvalue weighted by molar-refractivity contribution is 5.92. The fraction of sp³-hybridized carbons (Fsp3) is 0.200. The number of nitrogens with zero attached hydrogens (tertiary/aromatic N) is 1. The highest BCUT2D eigenvalue weighted by atomic mass is 19.3. The van der Waals surface area contributed by atoms with E-state index in [4.69, 9.17) is 10.4 Å². The first-order valence-corrected chi connectivity index (χ1v) is 4.41. The quantitative estimate of drug-likeness (QED) is 0.848. The van der Waals surface area contributed by atoms with E-state index in [1.165, 1.54) is 6.07 Å². The monoisotopic (exact) mass is 263 g/mol. The molecule has 0 saturated carbocycles. The third kappa shape index (κ3) is 2.68. The summed E-state index contributed by atoms with van der Waals surface area (Å²) in [5, 5.41) is 17.3. The Kier molecular flexibility index (Phi) is 4.09. The van der Waals surface area contributed by atoms with Crippen LogP contribution in [0.25, 0.3) is 0 Å². The van der Waals surface area contributed by atoms with Crippen molar-refractivity contribution in [2.45, 2.75) is 13.0 Å². The molecule has 0 aliphatic rings. The van der Waals surface area contributed by atoms with E-state index < -0.39 is 41.4 Å². The van der Waals surface area contributed by atoms with E-state index in [1.54, 1.807) is 0 Å². The van der Waals surface area contributed by atoms with Crippen molar-refractivity contribution in [3.05, 3.63) is 28.8 Å². The molecule has 0 heterocycles. The zero-order chi connectivity index (χ0) is 13.9. The molecular formula is C10H5F4NO3. The van der Waals surface area contributed by atoms with Crippen LogP contribution in [0.4, 0.5) is 17.6 Å². The number of nitriles is 1. The first-order chi connectivity index (χ1) is 8.38. The number of ether oxygens (including phenoxy) is 1. The van der Waals surface area contributed by atoms with Gasteiger partial charge in [-0.2, -0.15) is 14.0 Å². The van der Waals surface area contributed by atoms with Gasteiger partial charge in [0.1, 0.15) is 5.56 Å². The van der Waals surface area contributed by atoms with Crippen LogP contribution in [0.15, 0.2) is 12.1 Å². The number of benzene rings is 1. The minimum absolute atomic E-state index is 0.620. The van der Waals surface area contributed by atoms with Gasteiger partial charge in [-0.25, -0.2) is 13.6 Å². The van der Waals surface area contributed by atoms with Crippen LogP contribution in [-0.2, 0) is 0 Å². The van der Waals surface area contributed by atoms with Gasteiger partial charge in [0, 0.05) is 0 Å². The predicted octanol–water partition coefficient (Wildman–Crippen LogP) is 2.80. The maximum absolute atomic E-state index is 12.7. The number of carbonyl (C=O) groups is 1. The molecule has 96 valence electrons. The molecule has 1 N–H and O–H groups in total. The van der Waals surface area contributed by atoms with Gasteiger partial charge in [-0.1, -0.05) is 0 Å². The van der Waals surface area contributed by atoms with Gasteiger partial charge in [-0.05, 0) is 12.1 Å². The second-order valence-electron chi connectivity index (χ2n) is 3.00. The maximum atomic E-state index is 12.7. The molecule has 8 heteroatoms. The van der Waals surface area contributed by atoms with Crippen LogP contribution in [0.1, 0.15) is 27.9 Å². The number of carboxylic acids is 1.